The molecule has 1 aliphatic carbocycles. The van der Waals surface area contributed by atoms with Gasteiger partial charge in [-0.25, -0.2) is 0 Å². The number of carbonyl (C=O) groups excluding carboxylic acids is 3. The molecule has 3 aliphatic rings. The molecule has 12 heteroatoms. The van der Waals surface area contributed by atoms with E-state index in [0.717, 1.165) is 28.9 Å². The number of aldehydes is 1. The number of hydrogen-bond donors (Lipinski definition) is 3. The van der Waals surface area contributed by atoms with Crippen molar-refractivity contribution in [1.29, 1.82) is 0 Å². The first-order valence-corrected chi connectivity index (χ1v) is 15.1. The number of rotatable bonds is 8. The maximum absolute atomic E-state index is 15.1. The van der Waals surface area contributed by atoms with Gasteiger partial charge in [-0.15, -0.1) is 0 Å². The van der Waals surface area contributed by atoms with Crippen molar-refractivity contribution in [3.63, 3.8) is 0 Å². The van der Waals surface area contributed by atoms with Crippen LogP contribution >= 0.6 is 35.8 Å². The van der Waals surface area contributed by atoms with Gasteiger partial charge in [-0.3, -0.25) is 9.59 Å². The Morgan fingerprint density at radius 3 is 2.48 bits per heavy atom. The summed E-state index contributed by atoms with van der Waals surface area (Å²) in [6.07, 6.45) is 0.384. The van der Waals surface area contributed by atoms with Crippen LogP contribution in [0.5, 0.6) is 0 Å². The predicted octanol–water partition coefficient (Wildman–Crippen LogP) is 5.96. The zero-order chi connectivity index (χ0) is 31.7. The number of benzene rings is 2. The molecule has 0 bridgehead atoms. The molecule has 3 atom stereocenters. The molecule has 0 saturated heterocycles. The Hall–Kier alpha value is -2.66. The van der Waals surface area contributed by atoms with Gasteiger partial charge in [-0.05, 0) is 41.5 Å². The topological polar surface area (TPSA) is 90.0 Å². The van der Waals surface area contributed by atoms with Crippen molar-refractivity contribution in [2.75, 3.05) is 25.5 Å². The molecule has 0 aromatic heterocycles. The molecule has 44 heavy (non-hydrogen) atoms. The molecule has 0 spiro atoms. The van der Waals surface area contributed by atoms with Gasteiger partial charge in [-0.2, -0.15) is 21.4 Å². The van der Waals surface area contributed by atoms with E-state index in [4.69, 9.17) is 23.2 Å². The summed E-state index contributed by atoms with van der Waals surface area (Å²) in [6, 6.07) is 10.9. The van der Waals surface area contributed by atoms with Gasteiger partial charge >= 0.3 is 0 Å². The fourth-order valence-electron chi connectivity index (χ4n) is 6.22. The zero-order valence-corrected chi connectivity index (χ0v) is 26.5. The van der Waals surface area contributed by atoms with Crippen molar-refractivity contribution in [3.8, 4) is 0 Å². The molecule has 3 unspecified atom stereocenters. The van der Waals surface area contributed by atoms with Crippen LogP contribution in [0.2, 0.25) is 10.0 Å². The van der Waals surface area contributed by atoms with E-state index >= 15 is 8.78 Å². The van der Waals surface area contributed by atoms with Gasteiger partial charge in [0.15, 0.2) is 11.6 Å². The van der Waals surface area contributed by atoms with Crippen LogP contribution in [0.4, 0.5) is 14.5 Å². The molecule has 2 heterocycles. The Morgan fingerprint density at radius 1 is 1.23 bits per heavy atom. The van der Waals surface area contributed by atoms with Crippen LogP contribution < -0.4 is 5.32 Å². The number of likely N-dealkylation sites (N-methyl/N-ethyl adjacent to an activating group) is 1. The zero-order valence-electron chi connectivity index (χ0n) is 24.1. The molecule has 1 saturated carbocycles. The quantitative estimate of drug-likeness (QED) is 0.239. The molecule has 2 aromatic carbocycles. The third-order valence-corrected chi connectivity index (χ3v) is 9.71. The van der Waals surface area contributed by atoms with Crippen LogP contribution in [0.3, 0.4) is 0 Å². The van der Waals surface area contributed by atoms with Crippen LogP contribution in [-0.4, -0.2) is 70.4 Å². The number of aliphatic hydroxyl groups excluding tert-OH is 1. The second-order valence-corrected chi connectivity index (χ2v) is 14.1. The largest absolute Gasteiger partial charge is 0.377 e. The number of nitrogens with zero attached hydrogens (tertiary/aromatic N) is 2. The highest BCUT2D eigenvalue weighted by molar-refractivity contribution is 7.81. The second kappa shape index (κ2) is 11.6. The number of nitrogens with one attached hydrogen (secondary N) is 1. The van der Waals surface area contributed by atoms with Crippen molar-refractivity contribution < 1.29 is 28.3 Å². The summed E-state index contributed by atoms with van der Waals surface area (Å²) in [7, 11) is 1.51. The average molecular weight is 669 g/mol. The number of carbonyl (C=O) groups is 3. The summed E-state index contributed by atoms with van der Waals surface area (Å²) < 4.78 is 30.2. The number of hydrogen-bond acceptors (Lipinski definition) is 6. The van der Waals surface area contributed by atoms with Crippen molar-refractivity contribution in [1.82, 2.24) is 9.80 Å². The molecular weight excluding hydrogens is 631 g/mol. The first-order chi connectivity index (χ1) is 20.0. The van der Waals surface area contributed by atoms with Crippen molar-refractivity contribution in [2.45, 2.75) is 74.7 Å². The molecule has 238 valence electrons. The van der Waals surface area contributed by atoms with Crippen LogP contribution in [-0.2, 0) is 30.8 Å². The lowest BCUT2D eigenvalue weighted by Crippen LogP contribution is -2.59. The summed E-state index contributed by atoms with van der Waals surface area (Å²) in [5.74, 6) is -5.24. The van der Waals surface area contributed by atoms with Crippen LogP contribution in [0.25, 0.3) is 0 Å². The highest BCUT2D eigenvalue weighted by Crippen LogP contribution is 2.53. The number of fused-ring (bicyclic) bond motifs is 1. The molecule has 5 rings (SSSR count). The predicted molar refractivity (Wildman–Crippen MR) is 172 cm³/mol. The van der Waals surface area contributed by atoms with Gasteiger partial charge in [0.05, 0.1) is 28.2 Å². The maximum Gasteiger partial charge on any atom is 0.285 e. The van der Waals surface area contributed by atoms with Crippen molar-refractivity contribution >= 4 is 59.6 Å². The van der Waals surface area contributed by atoms with Crippen LogP contribution in [0.15, 0.2) is 48.2 Å². The van der Waals surface area contributed by atoms with Gasteiger partial charge < -0.3 is 25.0 Å². The smallest absolute Gasteiger partial charge is 0.285 e. The Bertz CT molecular complexity index is 1540. The van der Waals surface area contributed by atoms with Crippen molar-refractivity contribution in [2.24, 2.45) is 0 Å². The molecule has 2 N–H and O–H groups in total. The third-order valence-electron chi connectivity index (χ3n) is 8.70. The molecule has 2 amide bonds. The summed E-state index contributed by atoms with van der Waals surface area (Å²) in [5, 5.41) is 12.6. The number of thiol groups is 1. The Balaban J connectivity index is 0.00000442. The fourth-order valence-corrected chi connectivity index (χ4v) is 7.16. The van der Waals surface area contributed by atoms with Gasteiger partial charge in [0.25, 0.3) is 17.7 Å². The Kier molecular flexibility index (Phi) is 9.03. The third kappa shape index (κ3) is 5.63. The number of anilines is 1. The Morgan fingerprint density at radius 2 is 1.89 bits per heavy atom. The highest BCUT2D eigenvalue weighted by atomic mass is 35.5. The van der Waals surface area contributed by atoms with E-state index in [1.54, 1.807) is 0 Å². The van der Waals surface area contributed by atoms with Crippen LogP contribution in [0, 0.1) is 0 Å². The minimum absolute atomic E-state index is 0. The summed E-state index contributed by atoms with van der Waals surface area (Å²) >= 11 is 16.9. The fraction of sp³-hybridized carbons (Fsp3) is 0.469. The van der Waals surface area contributed by atoms with Crippen LogP contribution in [0.1, 0.15) is 57.7 Å². The van der Waals surface area contributed by atoms with Gasteiger partial charge in [-0.1, -0.05) is 75.7 Å². The van der Waals surface area contributed by atoms with E-state index in [1.165, 1.54) is 24.1 Å². The minimum Gasteiger partial charge on any atom is -0.377 e. The standard InChI is InChI=1S/C31H33Cl2F2N3O4S.CH4/c1-28(2,3)17-6-5-7-18(10-17)29(8-9-29)15-37(4)26(41)25(40)22-13-30(34,35)16-38(22)31(23(43)14-39)20-11-19(32)12-21(33)24(20)36-27(31)42;/h5-7,10-14,23,25,40,43H,8-9,15-16H2,1-4H3,(H,36,42);1H4. The maximum atomic E-state index is 15.1. The van der Waals surface area contributed by atoms with Gasteiger partial charge in [0.1, 0.15) is 6.29 Å². The summed E-state index contributed by atoms with van der Waals surface area (Å²) in [6.45, 7) is 5.51. The SMILES string of the molecule is C.CN(CC1(c2cccc(C(C)(C)C)c2)CC1)C(=O)C(O)C1=CC(F)(F)CN1C1(C(S)C=O)C(=O)Nc2c(Cl)cc(Cl)cc21. The highest BCUT2D eigenvalue weighted by Gasteiger charge is 2.61. The van der Waals surface area contributed by atoms with Crippen molar-refractivity contribution in [3.05, 3.63) is 74.9 Å². The lowest BCUT2D eigenvalue weighted by Gasteiger charge is -2.43. The Labute approximate surface area is 272 Å². The minimum atomic E-state index is -3.55. The summed E-state index contributed by atoms with van der Waals surface area (Å²) in [4.78, 5) is 41.7. The molecule has 7 nitrogen and oxygen atoms in total. The number of amides is 2. The molecular formula is C32H37Cl2F2N3O4S. The molecule has 0 radical (unpaired) electrons. The number of alkyl halides is 2. The normalized spacial score (nSPS) is 22.7. The molecule has 1 fully saturated rings. The lowest BCUT2D eigenvalue weighted by atomic mass is 9.83. The first kappa shape index (κ1) is 34.2. The number of halogens is 4. The number of aliphatic hydroxyl groups is 1. The van der Waals surface area contributed by atoms with E-state index in [2.05, 4.69) is 50.8 Å². The van der Waals surface area contributed by atoms with E-state index in [-0.39, 0.29) is 46.1 Å². The van der Waals surface area contributed by atoms with E-state index in [1.807, 2.05) is 12.1 Å². The van der Waals surface area contributed by atoms with Gasteiger partial charge in [0, 0.05) is 35.7 Å². The lowest BCUT2D eigenvalue weighted by molar-refractivity contribution is -0.140. The van der Waals surface area contributed by atoms with E-state index in [0.29, 0.717) is 12.4 Å². The van der Waals surface area contributed by atoms with E-state index in [9.17, 15) is 19.5 Å². The first-order valence-electron chi connectivity index (χ1n) is 13.8. The molecule has 2 aliphatic heterocycles. The van der Waals surface area contributed by atoms with E-state index < -0.39 is 46.9 Å². The second-order valence-electron chi connectivity index (χ2n) is 12.7. The molecule has 2 aromatic rings. The monoisotopic (exact) mass is 667 g/mol. The van der Waals surface area contributed by atoms with Gasteiger partial charge in [0.2, 0.25) is 0 Å². The average Bonchev–Trinajstić information content (AvgIpc) is 3.55. The summed E-state index contributed by atoms with van der Waals surface area (Å²) in [5.41, 5.74) is -0.754.